The van der Waals surface area contributed by atoms with Crippen LogP contribution in [-0.2, 0) is 6.54 Å². The monoisotopic (exact) mass is 293 g/mol. The Bertz CT molecular complexity index is 631. The Morgan fingerprint density at radius 2 is 2.05 bits per heavy atom. The molecule has 0 spiro atoms. The number of hydrogen-bond donors (Lipinski definition) is 1. The van der Waals surface area contributed by atoms with Crippen molar-refractivity contribution in [3.63, 3.8) is 0 Å². The predicted octanol–water partition coefficient (Wildman–Crippen LogP) is 3.42. The summed E-state index contributed by atoms with van der Waals surface area (Å²) in [7, 11) is 1.57. The van der Waals surface area contributed by atoms with Crippen LogP contribution in [0.3, 0.4) is 0 Å². The van der Waals surface area contributed by atoms with Gasteiger partial charge in [0, 0.05) is 17.7 Å². The van der Waals surface area contributed by atoms with Gasteiger partial charge in [-0.2, -0.15) is 0 Å². The van der Waals surface area contributed by atoms with Gasteiger partial charge in [0.2, 0.25) is 0 Å². The van der Waals surface area contributed by atoms with Crippen molar-refractivity contribution in [1.29, 1.82) is 0 Å². The van der Waals surface area contributed by atoms with Gasteiger partial charge in [-0.15, -0.1) is 0 Å². The average molecular weight is 294 g/mol. The normalized spacial score (nSPS) is 10.2. The summed E-state index contributed by atoms with van der Waals surface area (Å²) in [6.07, 6.45) is 0. The zero-order valence-corrected chi connectivity index (χ0v) is 11.6. The average Bonchev–Trinajstić information content (AvgIpc) is 2.47. The topological polar surface area (TPSA) is 38.3 Å². The number of rotatable bonds is 4. The summed E-state index contributed by atoms with van der Waals surface area (Å²) >= 11 is 5.65. The van der Waals surface area contributed by atoms with Crippen molar-refractivity contribution in [3.8, 4) is 5.75 Å². The Morgan fingerprint density at radius 1 is 1.30 bits per heavy atom. The lowest BCUT2D eigenvalue weighted by molar-refractivity contribution is 0.0950. The molecular weight excluding hydrogens is 281 g/mol. The first-order valence-electron chi connectivity index (χ1n) is 5.97. The van der Waals surface area contributed by atoms with Gasteiger partial charge in [-0.3, -0.25) is 4.79 Å². The summed E-state index contributed by atoms with van der Waals surface area (Å²) in [5.41, 5.74) is 1.17. The lowest BCUT2D eigenvalue weighted by atomic mass is 10.1. The minimum Gasteiger partial charge on any atom is -0.496 e. The number of amides is 1. The molecule has 0 saturated carbocycles. The standard InChI is InChI=1S/C15H13ClFNO2/c1-20-14-5-3-2-4-11(14)9-18-15(19)10-6-7-13(17)12(16)8-10/h2-8H,9H2,1H3,(H,18,19). The molecule has 0 aromatic heterocycles. The first kappa shape index (κ1) is 14.3. The number of nitrogens with one attached hydrogen (secondary N) is 1. The molecule has 2 aromatic rings. The maximum Gasteiger partial charge on any atom is 0.251 e. The number of carbonyl (C=O) groups excluding carboxylic acids is 1. The van der Waals surface area contributed by atoms with Crippen LogP contribution in [0.5, 0.6) is 5.75 Å². The minimum absolute atomic E-state index is 0.0741. The lowest BCUT2D eigenvalue weighted by Gasteiger charge is -2.09. The van der Waals surface area contributed by atoms with Crippen LogP contribution < -0.4 is 10.1 Å². The zero-order valence-electron chi connectivity index (χ0n) is 10.8. The van der Waals surface area contributed by atoms with Gasteiger partial charge >= 0.3 is 0 Å². The molecule has 0 aliphatic heterocycles. The minimum atomic E-state index is -0.548. The molecule has 0 bridgehead atoms. The molecule has 1 amide bonds. The van der Waals surface area contributed by atoms with E-state index in [2.05, 4.69) is 5.32 Å². The summed E-state index contributed by atoms with van der Waals surface area (Å²) in [4.78, 5) is 11.9. The van der Waals surface area contributed by atoms with Gasteiger partial charge in [0.25, 0.3) is 5.91 Å². The number of ether oxygens (including phenoxy) is 1. The van der Waals surface area contributed by atoms with Gasteiger partial charge < -0.3 is 10.1 Å². The van der Waals surface area contributed by atoms with Gasteiger partial charge in [-0.1, -0.05) is 29.8 Å². The highest BCUT2D eigenvalue weighted by molar-refractivity contribution is 6.31. The van der Waals surface area contributed by atoms with Gasteiger partial charge in [-0.25, -0.2) is 4.39 Å². The fourth-order valence-electron chi connectivity index (χ4n) is 1.76. The summed E-state index contributed by atoms with van der Waals surface area (Å²) in [5.74, 6) is -0.171. The summed E-state index contributed by atoms with van der Waals surface area (Å²) in [5, 5.41) is 2.66. The molecule has 0 radical (unpaired) electrons. The zero-order chi connectivity index (χ0) is 14.5. The molecule has 0 unspecified atom stereocenters. The van der Waals surface area contributed by atoms with Crippen LogP contribution in [0.15, 0.2) is 42.5 Å². The SMILES string of the molecule is COc1ccccc1CNC(=O)c1ccc(F)c(Cl)c1. The van der Waals surface area contributed by atoms with Gasteiger partial charge in [0.1, 0.15) is 11.6 Å². The second-order valence-corrected chi connectivity index (χ2v) is 4.53. The smallest absolute Gasteiger partial charge is 0.251 e. The quantitative estimate of drug-likeness (QED) is 0.938. The summed E-state index contributed by atoms with van der Waals surface area (Å²) in [6.45, 7) is 0.317. The molecule has 1 N–H and O–H groups in total. The van der Waals surface area contributed by atoms with E-state index in [0.717, 1.165) is 5.56 Å². The number of benzene rings is 2. The van der Waals surface area contributed by atoms with Crippen LogP contribution in [0.2, 0.25) is 5.02 Å². The Kier molecular flexibility index (Phi) is 4.58. The van der Waals surface area contributed by atoms with E-state index in [1.54, 1.807) is 7.11 Å². The first-order chi connectivity index (χ1) is 9.61. The first-order valence-corrected chi connectivity index (χ1v) is 6.34. The molecule has 0 atom stereocenters. The van der Waals surface area contributed by atoms with E-state index in [9.17, 15) is 9.18 Å². The van der Waals surface area contributed by atoms with Crippen LogP contribution in [0, 0.1) is 5.82 Å². The summed E-state index contributed by atoms with van der Waals surface area (Å²) in [6, 6.07) is 11.2. The van der Waals surface area contributed by atoms with Crippen molar-refractivity contribution < 1.29 is 13.9 Å². The molecular formula is C15H13ClFNO2. The molecule has 104 valence electrons. The van der Waals surface area contributed by atoms with Crippen LogP contribution in [-0.4, -0.2) is 13.0 Å². The van der Waals surface area contributed by atoms with E-state index < -0.39 is 5.82 Å². The number of para-hydroxylation sites is 1. The second kappa shape index (κ2) is 6.39. The van der Waals surface area contributed by atoms with Crippen molar-refractivity contribution in [2.75, 3.05) is 7.11 Å². The van der Waals surface area contributed by atoms with Crippen molar-refractivity contribution in [3.05, 3.63) is 64.4 Å². The van der Waals surface area contributed by atoms with Gasteiger partial charge in [-0.05, 0) is 24.3 Å². The Hall–Kier alpha value is -2.07. The Labute approximate surface area is 121 Å². The highest BCUT2D eigenvalue weighted by atomic mass is 35.5. The molecule has 0 heterocycles. The van der Waals surface area contributed by atoms with Crippen molar-refractivity contribution >= 4 is 17.5 Å². The van der Waals surface area contributed by atoms with Crippen molar-refractivity contribution in [2.45, 2.75) is 6.54 Å². The largest absolute Gasteiger partial charge is 0.496 e. The number of hydrogen-bond acceptors (Lipinski definition) is 2. The van der Waals surface area contributed by atoms with E-state index in [1.165, 1.54) is 18.2 Å². The Balaban J connectivity index is 2.06. The third kappa shape index (κ3) is 3.27. The molecule has 5 heteroatoms. The van der Waals surface area contributed by atoms with E-state index >= 15 is 0 Å². The maximum atomic E-state index is 13.0. The van der Waals surface area contributed by atoms with Gasteiger partial charge in [0.15, 0.2) is 0 Å². The van der Waals surface area contributed by atoms with Crippen molar-refractivity contribution in [1.82, 2.24) is 5.32 Å². The molecule has 0 aliphatic rings. The highest BCUT2D eigenvalue weighted by Gasteiger charge is 2.09. The predicted molar refractivity (Wildman–Crippen MR) is 75.6 cm³/mol. The molecule has 2 rings (SSSR count). The summed E-state index contributed by atoms with van der Waals surface area (Å²) < 4.78 is 18.2. The highest BCUT2D eigenvalue weighted by Crippen LogP contribution is 2.18. The number of carbonyl (C=O) groups is 1. The number of methoxy groups -OCH3 is 1. The lowest BCUT2D eigenvalue weighted by Crippen LogP contribution is -2.23. The second-order valence-electron chi connectivity index (χ2n) is 4.12. The van der Waals surface area contributed by atoms with Crippen LogP contribution in [0.25, 0.3) is 0 Å². The fourth-order valence-corrected chi connectivity index (χ4v) is 1.94. The number of halogens is 2. The fraction of sp³-hybridized carbons (Fsp3) is 0.133. The molecule has 0 saturated heterocycles. The molecule has 20 heavy (non-hydrogen) atoms. The third-order valence-corrected chi connectivity index (χ3v) is 3.10. The molecule has 0 fully saturated rings. The van der Waals surface area contributed by atoms with E-state index in [1.807, 2.05) is 24.3 Å². The maximum absolute atomic E-state index is 13.0. The van der Waals surface area contributed by atoms with Gasteiger partial charge in [0.05, 0.1) is 12.1 Å². The molecule has 0 aliphatic carbocycles. The van der Waals surface area contributed by atoms with E-state index in [4.69, 9.17) is 16.3 Å². The van der Waals surface area contributed by atoms with Crippen LogP contribution in [0.1, 0.15) is 15.9 Å². The Morgan fingerprint density at radius 3 is 2.75 bits per heavy atom. The van der Waals surface area contributed by atoms with Crippen LogP contribution in [0.4, 0.5) is 4.39 Å². The van der Waals surface area contributed by atoms with Crippen LogP contribution >= 0.6 is 11.6 Å². The molecule has 2 aromatic carbocycles. The third-order valence-electron chi connectivity index (χ3n) is 2.81. The molecule has 3 nitrogen and oxygen atoms in total. The van der Waals surface area contributed by atoms with Crippen molar-refractivity contribution in [2.24, 2.45) is 0 Å². The van der Waals surface area contributed by atoms with E-state index in [-0.39, 0.29) is 10.9 Å². The van der Waals surface area contributed by atoms with E-state index in [0.29, 0.717) is 17.9 Å².